The topological polar surface area (TPSA) is 44.5 Å². The molecule has 0 saturated heterocycles. The minimum absolute atomic E-state index is 0. The molecule has 0 fully saturated rings. The largest absolute Gasteiger partial charge is 0.323 e. The maximum absolute atomic E-state index is 5.32. The molecule has 0 bridgehead atoms. The maximum Gasteiger partial charge on any atom is 0.252 e. The number of rotatable bonds is 4. The summed E-state index contributed by atoms with van der Waals surface area (Å²) >= 11 is 0. The minimum atomic E-state index is -1.08. The van der Waals surface area contributed by atoms with Gasteiger partial charge in [-0.2, -0.15) is 0 Å². The van der Waals surface area contributed by atoms with Gasteiger partial charge in [-0.25, -0.2) is 0 Å². The van der Waals surface area contributed by atoms with Crippen LogP contribution in [0.4, 0.5) is 0 Å². The lowest BCUT2D eigenvalue weighted by atomic mass is 10.9. The molecule has 0 aromatic carbocycles. The van der Waals surface area contributed by atoms with Crippen LogP contribution < -0.4 is 5.50 Å². The molecule has 0 aromatic rings. The van der Waals surface area contributed by atoms with E-state index >= 15 is 0 Å². The summed E-state index contributed by atoms with van der Waals surface area (Å²) in [6.45, 7) is 5.03. The lowest BCUT2D eigenvalue weighted by Gasteiger charge is -2.07. The van der Waals surface area contributed by atoms with Crippen molar-refractivity contribution in [1.82, 2.24) is 0 Å². The van der Waals surface area contributed by atoms with E-state index in [0.717, 1.165) is 0 Å². The molecule has 0 aliphatic heterocycles. The number of halogens is 2. The van der Waals surface area contributed by atoms with Crippen LogP contribution in [-0.2, 0) is 9.05 Å². The molecule has 0 spiro atoms. The highest BCUT2D eigenvalue weighted by molar-refractivity contribution is 7.44. The van der Waals surface area contributed by atoms with Gasteiger partial charge < -0.3 is 9.05 Å². The summed E-state index contributed by atoms with van der Waals surface area (Å²) in [5.74, 6) is 0. The Balaban J connectivity index is -0.000000245. The van der Waals surface area contributed by atoms with E-state index in [9.17, 15) is 0 Å². The first-order valence-corrected chi connectivity index (χ1v) is 3.86. The first-order chi connectivity index (χ1) is 3.81. The summed E-state index contributed by atoms with van der Waals surface area (Å²) < 4.78 is 9.81. The molecule has 0 saturated carbocycles. The summed E-state index contributed by atoms with van der Waals surface area (Å²) in [6, 6.07) is 0. The van der Waals surface area contributed by atoms with Crippen LogP contribution >= 0.6 is 33.3 Å². The van der Waals surface area contributed by atoms with Gasteiger partial charge in [0.1, 0.15) is 0 Å². The molecule has 0 heterocycles. The first kappa shape index (κ1) is 17.1. The zero-order chi connectivity index (χ0) is 6.41. The van der Waals surface area contributed by atoms with Gasteiger partial charge in [0, 0.05) is 0 Å². The van der Waals surface area contributed by atoms with Gasteiger partial charge in [0.2, 0.25) is 0 Å². The van der Waals surface area contributed by atoms with Crippen LogP contribution in [0.3, 0.4) is 0 Å². The van der Waals surface area contributed by atoms with Crippen molar-refractivity contribution in [2.45, 2.75) is 13.8 Å². The Morgan fingerprint density at radius 3 is 1.60 bits per heavy atom. The van der Waals surface area contributed by atoms with E-state index in [1.165, 1.54) is 0 Å². The summed E-state index contributed by atoms with van der Waals surface area (Å²) in [6.07, 6.45) is 0. The van der Waals surface area contributed by atoms with Crippen molar-refractivity contribution in [3.8, 4) is 0 Å². The molecule has 0 unspecified atom stereocenters. The minimum Gasteiger partial charge on any atom is -0.323 e. The third kappa shape index (κ3) is 11.7. The summed E-state index contributed by atoms with van der Waals surface area (Å²) in [4.78, 5) is 0. The maximum atomic E-state index is 5.32. The van der Waals surface area contributed by atoms with Crippen LogP contribution in [0, 0.1) is 0 Å². The Kier molecular flexibility index (Phi) is 21.5. The van der Waals surface area contributed by atoms with Gasteiger partial charge >= 0.3 is 0 Å². The van der Waals surface area contributed by atoms with Crippen molar-refractivity contribution in [3.05, 3.63) is 0 Å². The lowest BCUT2D eigenvalue weighted by molar-refractivity contribution is 0.270. The predicted octanol–water partition coefficient (Wildman–Crippen LogP) is 2.09. The van der Waals surface area contributed by atoms with E-state index in [0.29, 0.717) is 13.2 Å². The Bertz CT molecular complexity index is 54.5. The average Bonchev–Trinajstić information content (AvgIpc) is 1.68. The molecule has 0 aromatic heterocycles. The second-order valence-electron chi connectivity index (χ2n) is 1.12. The summed E-state index contributed by atoms with van der Waals surface area (Å²) in [5, 5.41) is 0. The molecule has 3 nitrogen and oxygen atoms in total. The van der Waals surface area contributed by atoms with Gasteiger partial charge in [-0.3, -0.25) is 5.50 Å². The van der Waals surface area contributed by atoms with Crippen molar-refractivity contribution >= 4 is 33.3 Å². The average molecular weight is 210 g/mol. The van der Waals surface area contributed by atoms with Crippen molar-refractivity contribution < 1.29 is 9.05 Å². The molecule has 0 rings (SSSR count). The van der Waals surface area contributed by atoms with E-state index in [-0.39, 0.29) is 24.8 Å². The van der Waals surface area contributed by atoms with Gasteiger partial charge in [-0.05, 0) is 13.8 Å². The normalized spacial score (nSPS) is 8.40. The van der Waals surface area contributed by atoms with E-state index in [4.69, 9.17) is 14.6 Å². The molecule has 0 aliphatic rings. The highest BCUT2D eigenvalue weighted by atomic mass is 35.5. The van der Waals surface area contributed by atoms with Gasteiger partial charge in [-0.1, -0.05) is 0 Å². The van der Waals surface area contributed by atoms with Gasteiger partial charge in [0.25, 0.3) is 8.53 Å². The standard InChI is InChI=1S/C4H12NO2P.2ClH/c1-3-6-8(5)7-4-2;;/h3-5H2,1-2H3;2*1H. The van der Waals surface area contributed by atoms with Gasteiger partial charge in [0.15, 0.2) is 0 Å². The third-order valence-corrected chi connectivity index (χ3v) is 1.54. The van der Waals surface area contributed by atoms with E-state index < -0.39 is 8.53 Å². The molecule has 0 atom stereocenters. The van der Waals surface area contributed by atoms with Crippen LogP contribution in [0.2, 0.25) is 0 Å². The van der Waals surface area contributed by atoms with Crippen molar-refractivity contribution in [3.63, 3.8) is 0 Å². The van der Waals surface area contributed by atoms with Crippen LogP contribution in [0.25, 0.3) is 0 Å². The third-order valence-electron chi connectivity index (χ3n) is 0.513. The highest BCUT2D eigenvalue weighted by Crippen LogP contribution is 2.26. The van der Waals surface area contributed by atoms with Crippen molar-refractivity contribution in [1.29, 1.82) is 0 Å². The SMILES string of the molecule is CCOP(N)OCC.Cl.Cl. The Morgan fingerprint density at radius 2 is 1.40 bits per heavy atom. The molecule has 66 valence electrons. The van der Waals surface area contributed by atoms with E-state index in [1.54, 1.807) is 0 Å². The molecule has 10 heavy (non-hydrogen) atoms. The number of hydrogen-bond donors (Lipinski definition) is 1. The van der Waals surface area contributed by atoms with Crippen molar-refractivity contribution in [2.24, 2.45) is 5.50 Å². The number of hydrogen-bond acceptors (Lipinski definition) is 3. The van der Waals surface area contributed by atoms with Crippen LogP contribution in [0.5, 0.6) is 0 Å². The lowest BCUT2D eigenvalue weighted by Crippen LogP contribution is -1.97. The predicted molar refractivity (Wildman–Crippen MR) is 48.9 cm³/mol. The quantitative estimate of drug-likeness (QED) is 0.722. The summed E-state index contributed by atoms with van der Waals surface area (Å²) in [7, 11) is -1.08. The van der Waals surface area contributed by atoms with E-state index in [1.807, 2.05) is 13.8 Å². The van der Waals surface area contributed by atoms with Crippen molar-refractivity contribution in [2.75, 3.05) is 13.2 Å². The van der Waals surface area contributed by atoms with E-state index in [2.05, 4.69) is 0 Å². The Morgan fingerprint density at radius 1 is 1.10 bits per heavy atom. The van der Waals surface area contributed by atoms with Crippen LogP contribution in [0.15, 0.2) is 0 Å². The zero-order valence-electron chi connectivity index (χ0n) is 6.07. The van der Waals surface area contributed by atoms with Gasteiger partial charge in [0.05, 0.1) is 13.2 Å². The molecule has 0 radical (unpaired) electrons. The second kappa shape index (κ2) is 12.6. The summed E-state index contributed by atoms with van der Waals surface area (Å²) in [5.41, 5.74) is 5.32. The molecule has 0 aliphatic carbocycles. The monoisotopic (exact) mass is 209 g/mol. The smallest absolute Gasteiger partial charge is 0.252 e. The Labute approximate surface area is 75.4 Å². The fourth-order valence-electron chi connectivity index (χ4n) is 0.292. The molecular weight excluding hydrogens is 196 g/mol. The highest BCUT2D eigenvalue weighted by Gasteiger charge is 1.97. The second-order valence-corrected chi connectivity index (χ2v) is 2.21. The molecule has 0 amide bonds. The molecular formula is C4H14Cl2NO2P. The van der Waals surface area contributed by atoms with Crippen LogP contribution in [-0.4, -0.2) is 13.2 Å². The number of nitrogens with two attached hydrogens (primary N) is 1. The Hall–Kier alpha value is 0.890. The molecule has 2 N–H and O–H groups in total. The van der Waals surface area contributed by atoms with Gasteiger partial charge in [-0.15, -0.1) is 24.8 Å². The fraction of sp³-hybridized carbons (Fsp3) is 1.00. The zero-order valence-corrected chi connectivity index (χ0v) is 8.60. The fourth-order valence-corrected chi connectivity index (χ4v) is 0.875. The molecule has 6 heteroatoms. The first-order valence-electron chi connectivity index (χ1n) is 2.61. The van der Waals surface area contributed by atoms with Crippen LogP contribution in [0.1, 0.15) is 13.8 Å².